The van der Waals surface area contributed by atoms with Crippen LogP contribution in [0.1, 0.15) is 25.0 Å². The van der Waals surface area contributed by atoms with Gasteiger partial charge in [0.1, 0.15) is 0 Å². The van der Waals surface area contributed by atoms with Gasteiger partial charge in [-0.25, -0.2) is 0 Å². The normalized spacial score (nSPS) is 24.1. The Bertz CT molecular complexity index is 355. The van der Waals surface area contributed by atoms with Gasteiger partial charge in [0.15, 0.2) is 0 Å². The molecule has 18 heavy (non-hydrogen) atoms. The van der Waals surface area contributed by atoms with Crippen LogP contribution in [0.25, 0.3) is 0 Å². The molecule has 3 heteroatoms. The number of aliphatic hydroxyl groups excluding tert-OH is 1. The van der Waals surface area contributed by atoms with Crippen molar-refractivity contribution in [3.63, 3.8) is 0 Å². The third-order valence-electron chi connectivity index (χ3n) is 3.89. The van der Waals surface area contributed by atoms with Crippen LogP contribution in [0.15, 0.2) is 30.3 Å². The topological polar surface area (TPSA) is 32.7 Å². The summed E-state index contributed by atoms with van der Waals surface area (Å²) >= 11 is 0. The molecule has 1 heterocycles. The summed E-state index contributed by atoms with van der Waals surface area (Å²) in [6.07, 6.45) is 0.757. The Morgan fingerprint density at radius 3 is 2.78 bits per heavy atom. The Morgan fingerprint density at radius 1 is 1.39 bits per heavy atom. The van der Waals surface area contributed by atoms with Gasteiger partial charge in [-0.2, -0.15) is 0 Å². The number of benzene rings is 1. The van der Waals surface area contributed by atoms with E-state index >= 15 is 0 Å². The van der Waals surface area contributed by atoms with Crippen LogP contribution in [0.4, 0.5) is 0 Å². The van der Waals surface area contributed by atoms with E-state index in [9.17, 15) is 5.11 Å². The number of hydrogen-bond acceptors (Lipinski definition) is 3. The van der Waals surface area contributed by atoms with Gasteiger partial charge in [-0.3, -0.25) is 4.90 Å². The molecule has 1 aromatic rings. The Morgan fingerprint density at radius 2 is 2.11 bits per heavy atom. The smallest absolute Gasteiger partial charge is 0.0942 e. The minimum Gasteiger partial charge on any atom is -0.387 e. The molecule has 1 fully saturated rings. The van der Waals surface area contributed by atoms with E-state index in [1.54, 1.807) is 7.11 Å². The summed E-state index contributed by atoms with van der Waals surface area (Å²) in [4.78, 5) is 2.36. The number of aliphatic hydroxyl groups is 1. The zero-order valence-electron chi connectivity index (χ0n) is 11.2. The van der Waals surface area contributed by atoms with E-state index in [0.717, 1.165) is 25.3 Å². The molecule has 1 saturated heterocycles. The van der Waals surface area contributed by atoms with Crippen molar-refractivity contribution in [2.45, 2.75) is 25.5 Å². The van der Waals surface area contributed by atoms with Gasteiger partial charge in [-0.1, -0.05) is 30.3 Å². The van der Waals surface area contributed by atoms with Crippen molar-refractivity contribution >= 4 is 0 Å². The van der Waals surface area contributed by atoms with Crippen molar-refractivity contribution in [3.8, 4) is 0 Å². The van der Waals surface area contributed by atoms with Crippen molar-refractivity contribution in [2.75, 3.05) is 26.8 Å². The third-order valence-corrected chi connectivity index (χ3v) is 3.89. The maximum atomic E-state index is 10.4. The number of methoxy groups -OCH3 is 1. The van der Waals surface area contributed by atoms with Crippen LogP contribution in [0.5, 0.6) is 0 Å². The first-order valence-corrected chi connectivity index (χ1v) is 6.68. The van der Waals surface area contributed by atoms with Crippen molar-refractivity contribution in [2.24, 2.45) is 5.92 Å². The van der Waals surface area contributed by atoms with Gasteiger partial charge in [0.25, 0.3) is 0 Å². The zero-order chi connectivity index (χ0) is 13.0. The molecule has 0 aliphatic carbocycles. The zero-order valence-corrected chi connectivity index (χ0v) is 11.2. The van der Waals surface area contributed by atoms with E-state index in [-0.39, 0.29) is 6.04 Å². The van der Waals surface area contributed by atoms with Gasteiger partial charge >= 0.3 is 0 Å². The first-order valence-electron chi connectivity index (χ1n) is 6.68. The second-order valence-electron chi connectivity index (χ2n) is 5.20. The summed E-state index contributed by atoms with van der Waals surface area (Å²) in [6.45, 7) is 5.01. The maximum absolute atomic E-state index is 10.4. The SMILES string of the molecule is COCC1CCN(C(C)C(O)c2ccccc2)C1. The molecule has 0 radical (unpaired) electrons. The number of hydrogen-bond donors (Lipinski definition) is 1. The molecule has 2 rings (SSSR count). The highest BCUT2D eigenvalue weighted by atomic mass is 16.5. The second kappa shape index (κ2) is 6.32. The van der Waals surface area contributed by atoms with E-state index in [4.69, 9.17) is 4.74 Å². The highest BCUT2D eigenvalue weighted by Crippen LogP contribution is 2.26. The largest absolute Gasteiger partial charge is 0.387 e. The monoisotopic (exact) mass is 249 g/mol. The van der Waals surface area contributed by atoms with Crippen molar-refractivity contribution in [1.29, 1.82) is 0 Å². The minimum absolute atomic E-state index is 0.161. The van der Waals surface area contributed by atoms with Gasteiger partial charge < -0.3 is 9.84 Å². The average molecular weight is 249 g/mol. The molecule has 1 N–H and O–H groups in total. The Balaban J connectivity index is 1.94. The predicted molar refractivity (Wildman–Crippen MR) is 72.4 cm³/mol. The molecule has 1 aliphatic heterocycles. The molecule has 0 saturated carbocycles. The summed E-state index contributed by atoms with van der Waals surface area (Å²) in [5, 5.41) is 10.4. The fraction of sp³-hybridized carbons (Fsp3) is 0.600. The number of ether oxygens (including phenoxy) is 1. The van der Waals surface area contributed by atoms with Gasteiger partial charge in [0.2, 0.25) is 0 Å². The van der Waals surface area contributed by atoms with Crippen LogP contribution in [-0.2, 0) is 4.74 Å². The molecule has 0 spiro atoms. The third kappa shape index (κ3) is 3.10. The van der Waals surface area contributed by atoms with Crippen LogP contribution < -0.4 is 0 Å². The molecule has 0 bridgehead atoms. The Kier molecular flexibility index (Phi) is 4.75. The fourth-order valence-corrected chi connectivity index (χ4v) is 2.73. The molecular weight excluding hydrogens is 226 g/mol. The molecule has 3 nitrogen and oxygen atoms in total. The van der Waals surface area contributed by atoms with Crippen molar-refractivity contribution in [3.05, 3.63) is 35.9 Å². The molecule has 3 unspecified atom stereocenters. The summed E-state index contributed by atoms with van der Waals surface area (Å²) in [6, 6.07) is 10.1. The van der Waals surface area contributed by atoms with Crippen molar-refractivity contribution in [1.82, 2.24) is 4.90 Å². The predicted octanol–water partition coefficient (Wildman–Crippen LogP) is 2.08. The molecule has 3 atom stereocenters. The van der Waals surface area contributed by atoms with Crippen LogP contribution in [0.2, 0.25) is 0 Å². The summed E-state index contributed by atoms with van der Waals surface area (Å²) < 4.78 is 5.21. The van der Waals surface area contributed by atoms with Crippen LogP contribution in [0.3, 0.4) is 0 Å². The first-order chi connectivity index (χ1) is 8.72. The lowest BCUT2D eigenvalue weighted by molar-refractivity contribution is 0.0655. The number of rotatable bonds is 5. The summed E-state index contributed by atoms with van der Waals surface area (Å²) in [7, 11) is 1.75. The van der Waals surface area contributed by atoms with Crippen molar-refractivity contribution < 1.29 is 9.84 Å². The lowest BCUT2D eigenvalue weighted by Crippen LogP contribution is -2.36. The van der Waals surface area contributed by atoms with Gasteiger partial charge in [-0.15, -0.1) is 0 Å². The van der Waals surface area contributed by atoms with Crippen LogP contribution in [-0.4, -0.2) is 42.9 Å². The quantitative estimate of drug-likeness (QED) is 0.867. The van der Waals surface area contributed by atoms with Gasteiger partial charge in [-0.05, 0) is 31.4 Å². The van der Waals surface area contributed by atoms with Crippen LogP contribution in [0, 0.1) is 5.92 Å². The van der Waals surface area contributed by atoms with E-state index in [1.807, 2.05) is 30.3 Å². The molecule has 1 aliphatic rings. The number of likely N-dealkylation sites (tertiary alicyclic amines) is 1. The highest BCUT2D eigenvalue weighted by Gasteiger charge is 2.29. The Hall–Kier alpha value is -0.900. The maximum Gasteiger partial charge on any atom is 0.0942 e. The van der Waals surface area contributed by atoms with E-state index < -0.39 is 6.10 Å². The minimum atomic E-state index is -0.410. The molecule has 1 aromatic carbocycles. The van der Waals surface area contributed by atoms with E-state index in [1.165, 1.54) is 6.42 Å². The second-order valence-corrected chi connectivity index (χ2v) is 5.20. The summed E-state index contributed by atoms with van der Waals surface area (Å²) in [5.74, 6) is 0.612. The fourth-order valence-electron chi connectivity index (χ4n) is 2.73. The summed E-state index contributed by atoms with van der Waals surface area (Å²) in [5.41, 5.74) is 1.00. The molecular formula is C15H23NO2. The highest BCUT2D eigenvalue weighted by molar-refractivity contribution is 5.18. The van der Waals surface area contributed by atoms with Crippen LogP contribution >= 0.6 is 0 Å². The van der Waals surface area contributed by atoms with E-state index in [2.05, 4.69) is 11.8 Å². The molecule has 0 aromatic heterocycles. The first kappa shape index (κ1) is 13.5. The Labute approximate surface area is 109 Å². The average Bonchev–Trinajstić information content (AvgIpc) is 2.87. The standard InChI is InChI=1S/C15H23NO2/c1-12(15(17)14-6-4-3-5-7-14)16-9-8-13(10-16)11-18-2/h3-7,12-13,15,17H,8-11H2,1-2H3. The molecule has 0 amide bonds. The lowest BCUT2D eigenvalue weighted by Gasteiger charge is -2.29. The van der Waals surface area contributed by atoms with Gasteiger partial charge in [0.05, 0.1) is 12.7 Å². The lowest BCUT2D eigenvalue weighted by atomic mass is 10.0. The van der Waals surface area contributed by atoms with Gasteiger partial charge in [0, 0.05) is 19.7 Å². The number of nitrogens with zero attached hydrogens (tertiary/aromatic N) is 1. The molecule has 100 valence electrons. The van der Waals surface area contributed by atoms with E-state index in [0.29, 0.717) is 5.92 Å².